The van der Waals surface area contributed by atoms with Crippen molar-refractivity contribution >= 4 is 22.5 Å². The van der Waals surface area contributed by atoms with Crippen molar-refractivity contribution in [3.8, 4) is 6.07 Å². The molecule has 5 heteroatoms. The van der Waals surface area contributed by atoms with Crippen LogP contribution in [0.4, 0.5) is 0 Å². The zero-order chi connectivity index (χ0) is 12.8. The molecule has 17 heavy (non-hydrogen) atoms. The van der Waals surface area contributed by atoms with E-state index in [0.29, 0.717) is 5.57 Å². The highest BCUT2D eigenvalue weighted by atomic mass is 32.2. The molecule has 0 spiro atoms. The Kier molecular flexibility index (Phi) is 4.37. The van der Waals surface area contributed by atoms with Crippen LogP contribution in [-0.2, 0) is 10.7 Å². The van der Waals surface area contributed by atoms with Gasteiger partial charge in [-0.1, -0.05) is 25.3 Å². The monoisotopic (exact) mass is 246 g/mol. The van der Waals surface area contributed by atoms with Gasteiger partial charge >= 0.3 is 0 Å². The Morgan fingerprint density at radius 1 is 1.29 bits per heavy atom. The number of thiol groups is 1. The lowest BCUT2D eigenvalue weighted by atomic mass is 10.1. The Labute approximate surface area is 101 Å². The molecule has 0 unspecified atom stereocenters. The first kappa shape index (κ1) is 12.9. The van der Waals surface area contributed by atoms with Crippen molar-refractivity contribution in [1.82, 2.24) is 0 Å². The third-order valence-corrected chi connectivity index (χ3v) is 2.67. The first-order valence-electron chi connectivity index (χ1n) is 4.61. The molecule has 86 valence electrons. The SMILES string of the molecule is C=C(C#N)/N=C/C(=C)c1ccc([SH](=O)=O)cc1. The zero-order valence-electron chi connectivity index (χ0n) is 8.96. The van der Waals surface area contributed by atoms with Gasteiger partial charge in [-0.3, -0.25) is 0 Å². The van der Waals surface area contributed by atoms with Crippen molar-refractivity contribution in [2.24, 2.45) is 4.99 Å². The molecule has 0 bridgehead atoms. The van der Waals surface area contributed by atoms with Crippen LogP contribution in [-0.4, -0.2) is 14.6 Å². The number of allylic oxidation sites excluding steroid dienone is 2. The highest BCUT2D eigenvalue weighted by molar-refractivity contribution is 7.72. The van der Waals surface area contributed by atoms with Crippen molar-refractivity contribution < 1.29 is 8.42 Å². The number of hydrogen-bond acceptors (Lipinski definition) is 4. The van der Waals surface area contributed by atoms with E-state index in [1.807, 2.05) is 0 Å². The maximum Gasteiger partial charge on any atom is 0.168 e. The summed E-state index contributed by atoms with van der Waals surface area (Å²) in [6.07, 6.45) is 1.41. The fraction of sp³-hybridized carbons (Fsp3) is 0. The Bertz CT molecular complexity index is 582. The molecule has 4 nitrogen and oxygen atoms in total. The van der Waals surface area contributed by atoms with Crippen LogP contribution >= 0.6 is 0 Å². The summed E-state index contributed by atoms with van der Waals surface area (Å²) in [6, 6.07) is 8.01. The van der Waals surface area contributed by atoms with Crippen molar-refractivity contribution in [2.45, 2.75) is 4.90 Å². The van der Waals surface area contributed by atoms with Gasteiger partial charge in [0.25, 0.3) is 0 Å². The largest absolute Gasteiger partial charge is 0.246 e. The van der Waals surface area contributed by atoms with E-state index in [2.05, 4.69) is 18.2 Å². The number of benzene rings is 1. The van der Waals surface area contributed by atoms with Crippen LogP contribution in [0.3, 0.4) is 0 Å². The smallest absolute Gasteiger partial charge is 0.168 e. The summed E-state index contributed by atoms with van der Waals surface area (Å²) in [5.41, 5.74) is 1.40. The predicted octanol–water partition coefficient (Wildman–Crippen LogP) is 1.78. The van der Waals surface area contributed by atoms with Crippen LogP contribution in [0.1, 0.15) is 5.56 Å². The molecule has 0 aliphatic rings. The average molecular weight is 246 g/mol. The third-order valence-electron chi connectivity index (χ3n) is 1.95. The number of nitrogens with zero attached hydrogens (tertiary/aromatic N) is 2. The average Bonchev–Trinajstić information content (AvgIpc) is 2.35. The molecule has 0 N–H and O–H groups in total. The molecular weight excluding hydrogens is 236 g/mol. The second kappa shape index (κ2) is 5.77. The minimum atomic E-state index is -2.57. The quantitative estimate of drug-likeness (QED) is 0.500. The van der Waals surface area contributed by atoms with E-state index in [0.717, 1.165) is 5.56 Å². The Morgan fingerprint density at radius 3 is 2.35 bits per heavy atom. The molecule has 0 aromatic heterocycles. The van der Waals surface area contributed by atoms with Crippen LogP contribution in [0, 0.1) is 11.3 Å². The summed E-state index contributed by atoms with van der Waals surface area (Å²) < 4.78 is 21.4. The molecule has 0 heterocycles. The topological polar surface area (TPSA) is 70.3 Å². The van der Waals surface area contributed by atoms with E-state index in [1.54, 1.807) is 18.2 Å². The van der Waals surface area contributed by atoms with Gasteiger partial charge < -0.3 is 0 Å². The number of rotatable bonds is 4. The maximum atomic E-state index is 10.7. The van der Waals surface area contributed by atoms with Crippen LogP contribution in [0.5, 0.6) is 0 Å². The van der Waals surface area contributed by atoms with Crippen LogP contribution in [0.25, 0.3) is 5.57 Å². The van der Waals surface area contributed by atoms with Crippen LogP contribution in [0.15, 0.2) is 53.0 Å². The Morgan fingerprint density at radius 2 is 1.88 bits per heavy atom. The summed E-state index contributed by atoms with van der Waals surface area (Å²) in [5, 5.41) is 8.46. The molecule has 0 saturated carbocycles. The van der Waals surface area contributed by atoms with E-state index >= 15 is 0 Å². The van der Waals surface area contributed by atoms with Gasteiger partial charge in [-0.2, -0.15) is 5.26 Å². The van der Waals surface area contributed by atoms with Gasteiger partial charge in [0.1, 0.15) is 11.8 Å². The van der Waals surface area contributed by atoms with E-state index in [1.165, 1.54) is 18.3 Å². The van der Waals surface area contributed by atoms with Gasteiger partial charge in [-0.05, 0) is 23.3 Å². The van der Waals surface area contributed by atoms with E-state index in [9.17, 15) is 8.42 Å². The third kappa shape index (κ3) is 3.70. The normalized spacial score (nSPS) is 10.4. The number of nitriles is 1. The lowest BCUT2D eigenvalue weighted by Crippen LogP contribution is -1.86. The molecule has 0 amide bonds. The van der Waals surface area contributed by atoms with Gasteiger partial charge in [-0.15, -0.1) is 0 Å². The number of aliphatic imine (C=N–C) groups is 1. The summed E-state index contributed by atoms with van der Waals surface area (Å²) >= 11 is 0. The molecule has 0 saturated heterocycles. The fourth-order valence-corrected chi connectivity index (χ4v) is 1.45. The zero-order valence-corrected chi connectivity index (χ0v) is 9.85. The van der Waals surface area contributed by atoms with E-state index < -0.39 is 10.7 Å². The molecule has 0 fully saturated rings. The van der Waals surface area contributed by atoms with Gasteiger partial charge in [0, 0.05) is 6.21 Å². The lowest BCUT2D eigenvalue weighted by molar-refractivity contribution is 0.614. The van der Waals surface area contributed by atoms with E-state index in [4.69, 9.17) is 5.26 Å². The fourth-order valence-electron chi connectivity index (χ4n) is 1.06. The van der Waals surface area contributed by atoms with Gasteiger partial charge in [-0.25, -0.2) is 13.4 Å². The summed E-state index contributed by atoms with van der Waals surface area (Å²) in [6.45, 7) is 7.15. The lowest BCUT2D eigenvalue weighted by Gasteiger charge is -1.99. The summed E-state index contributed by atoms with van der Waals surface area (Å²) in [7, 11) is -2.57. The second-order valence-corrected chi connectivity index (χ2v) is 4.18. The van der Waals surface area contributed by atoms with E-state index in [-0.39, 0.29) is 10.6 Å². The van der Waals surface area contributed by atoms with Gasteiger partial charge in [0.05, 0.1) is 4.90 Å². The standard InChI is InChI=1S/C12H10N2O2S/c1-9(8-14-10(2)7-13)11-3-5-12(6-4-11)17(15)16/h3-6,8,17H,1-2H2/b14-8+. The highest BCUT2D eigenvalue weighted by Crippen LogP contribution is 2.12. The first-order chi connectivity index (χ1) is 8.04. The van der Waals surface area contributed by atoms with Crippen LogP contribution in [0.2, 0.25) is 0 Å². The van der Waals surface area contributed by atoms with Crippen molar-refractivity contribution in [2.75, 3.05) is 0 Å². The second-order valence-electron chi connectivity index (χ2n) is 3.15. The van der Waals surface area contributed by atoms with Gasteiger partial charge in [0.2, 0.25) is 0 Å². The molecule has 1 rings (SSSR count). The van der Waals surface area contributed by atoms with Crippen molar-refractivity contribution in [1.29, 1.82) is 5.26 Å². The summed E-state index contributed by atoms with van der Waals surface area (Å²) in [5.74, 6) is 0. The molecule has 0 aliphatic carbocycles. The summed E-state index contributed by atoms with van der Waals surface area (Å²) in [4.78, 5) is 4.02. The molecule has 1 aromatic carbocycles. The molecule has 0 radical (unpaired) electrons. The van der Waals surface area contributed by atoms with Crippen molar-refractivity contribution in [3.63, 3.8) is 0 Å². The minimum absolute atomic E-state index is 0.0883. The Hall–Kier alpha value is -2.19. The van der Waals surface area contributed by atoms with Gasteiger partial charge in [0.15, 0.2) is 10.7 Å². The highest BCUT2D eigenvalue weighted by Gasteiger charge is 1.98. The Balaban J connectivity index is 2.88. The molecule has 0 atom stereocenters. The predicted molar refractivity (Wildman–Crippen MR) is 67.3 cm³/mol. The molecular formula is C12H10N2O2S. The van der Waals surface area contributed by atoms with Crippen molar-refractivity contribution in [3.05, 3.63) is 48.7 Å². The number of hydrogen-bond donors (Lipinski definition) is 1. The molecule has 1 aromatic rings. The molecule has 0 aliphatic heterocycles. The van der Waals surface area contributed by atoms with Crippen LogP contribution < -0.4 is 0 Å². The maximum absolute atomic E-state index is 10.7. The first-order valence-corrected chi connectivity index (χ1v) is 5.79. The minimum Gasteiger partial charge on any atom is -0.246 e.